The molecular weight excluding hydrogens is 287 g/mol. The molecule has 3 nitrogen and oxygen atoms in total. The first-order valence-corrected chi connectivity index (χ1v) is 5.41. The molecule has 0 saturated carbocycles. The number of aromatic nitrogens is 1. The van der Waals surface area contributed by atoms with Gasteiger partial charge in [-0.1, -0.05) is 0 Å². The van der Waals surface area contributed by atoms with Gasteiger partial charge >= 0.3 is 0 Å². The second-order valence-corrected chi connectivity index (χ2v) is 4.44. The number of halogens is 1. The monoisotopic (exact) mass is 292 g/mol. The molecule has 0 aromatic carbocycles. The van der Waals surface area contributed by atoms with Crippen LogP contribution in [0.3, 0.4) is 0 Å². The fourth-order valence-corrected chi connectivity index (χ4v) is 2.12. The molecule has 2 heterocycles. The third kappa shape index (κ3) is 1.56. The van der Waals surface area contributed by atoms with Gasteiger partial charge in [0, 0.05) is 0 Å². The molecule has 0 unspecified atom stereocenters. The van der Waals surface area contributed by atoms with Crippen LogP contribution in [0, 0.1) is 3.70 Å². The molecule has 0 fully saturated rings. The van der Waals surface area contributed by atoms with Crippen molar-refractivity contribution in [2.75, 3.05) is 11.1 Å². The Bertz CT molecular complexity index is 342. The van der Waals surface area contributed by atoms with E-state index in [2.05, 4.69) is 32.9 Å². The van der Waals surface area contributed by atoms with Crippen LogP contribution >= 0.6 is 34.4 Å². The molecule has 1 aromatic heterocycles. The maximum absolute atomic E-state index is 11.0. The van der Waals surface area contributed by atoms with E-state index in [4.69, 9.17) is 0 Å². The molecule has 0 atom stereocenters. The third-order valence-electron chi connectivity index (χ3n) is 1.44. The number of carbonyl (C=O) groups excluding carboxylic acids is 1. The van der Waals surface area contributed by atoms with Crippen molar-refractivity contribution >= 4 is 46.1 Å². The Morgan fingerprint density at radius 3 is 3.25 bits per heavy atom. The van der Waals surface area contributed by atoms with Crippen LogP contribution in [0.25, 0.3) is 0 Å². The van der Waals surface area contributed by atoms with E-state index in [-0.39, 0.29) is 5.91 Å². The normalized spacial score (nSPS) is 15.2. The highest BCUT2D eigenvalue weighted by atomic mass is 127. The molecule has 0 radical (unpaired) electrons. The van der Waals surface area contributed by atoms with Gasteiger partial charge in [-0.15, -0.1) is 11.8 Å². The van der Waals surface area contributed by atoms with Crippen LogP contribution in [0.5, 0.6) is 0 Å². The first kappa shape index (κ1) is 8.31. The molecule has 5 heteroatoms. The molecular formula is C7H5IN2OS. The van der Waals surface area contributed by atoms with Crippen molar-refractivity contribution in [3.8, 4) is 0 Å². The van der Waals surface area contributed by atoms with E-state index in [1.165, 1.54) is 11.8 Å². The summed E-state index contributed by atoms with van der Waals surface area (Å²) >= 11 is 3.65. The molecule has 0 spiro atoms. The number of hydrogen-bond donors (Lipinski definition) is 1. The summed E-state index contributed by atoms with van der Waals surface area (Å²) in [7, 11) is 0. The van der Waals surface area contributed by atoms with Gasteiger partial charge in [0.05, 0.1) is 10.6 Å². The van der Waals surface area contributed by atoms with Gasteiger partial charge < -0.3 is 5.32 Å². The number of hydrogen-bond acceptors (Lipinski definition) is 3. The van der Waals surface area contributed by atoms with Crippen LogP contribution in [-0.4, -0.2) is 16.6 Å². The SMILES string of the molecule is O=C1CSc2ccc(I)nc2N1. The number of amides is 1. The van der Waals surface area contributed by atoms with E-state index in [0.717, 1.165) is 8.60 Å². The molecule has 1 N–H and O–H groups in total. The molecule has 1 aliphatic heterocycles. The highest BCUT2D eigenvalue weighted by Crippen LogP contribution is 2.29. The molecule has 0 aliphatic carbocycles. The largest absolute Gasteiger partial charge is 0.309 e. The zero-order chi connectivity index (χ0) is 8.55. The average molecular weight is 292 g/mol. The summed E-state index contributed by atoms with van der Waals surface area (Å²) in [4.78, 5) is 16.2. The number of rotatable bonds is 0. The van der Waals surface area contributed by atoms with Crippen molar-refractivity contribution in [1.82, 2.24) is 4.98 Å². The van der Waals surface area contributed by atoms with Gasteiger partial charge in [-0.25, -0.2) is 4.98 Å². The second-order valence-electron chi connectivity index (χ2n) is 2.32. The highest BCUT2D eigenvalue weighted by Gasteiger charge is 2.15. The molecule has 1 aliphatic rings. The summed E-state index contributed by atoms with van der Waals surface area (Å²) in [5.41, 5.74) is 0. The molecule has 12 heavy (non-hydrogen) atoms. The Labute approximate surface area is 87.5 Å². The first-order valence-electron chi connectivity index (χ1n) is 3.35. The predicted octanol–water partition coefficient (Wildman–Crippen LogP) is 1.73. The summed E-state index contributed by atoms with van der Waals surface area (Å²) in [5, 5.41) is 2.73. The predicted molar refractivity (Wildman–Crippen MR) is 56.3 cm³/mol. The van der Waals surface area contributed by atoms with Crippen LogP contribution in [-0.2, 0) is 4.79 Å². The lowest BCUT2D eigenvalue weighted by Gasteiger charge is -2.14. The minimum absolute atomic E-state index is 0.0296. The van der Waals surface area contributed by atoms with Gasteiger partial charge in [0.25, 0.3) is 0 Å². The smallest absolute Gasteiger partial charge is 0.235 e. The van der Waals surface area contributed by atoms with Crippen LogP contribution in [0.2, 0.25) is 0 Å². The van der Waals surface area contributed by atoms with Crippen molar-refractivity contribution in [3.63, 3.8) is 0 Å². The standard InChI is InChI=1S/C7H5IN2OS/c8-5-2-1-4-7(9-5)10-6(11)3-12-4/h1-2H,3H2,(H,9,10,11). The maximum atomic E-state index is 11.0. The summed E-state index contributed by atoms with van der Waals surface area (Å²) in [6.07, 6.45) is 0. The van der Waals surface area contributed by atoms with Crippen LogP contribution < -0.4 is 5.32 Å². The van der Waals surface area contributed by atoms with Crippen molar-refractivity contribution < 1.29 is 4.79 Å². The molecule has 0 saturated heterocycles. The third-order valence-corrected chi connectivity index (χ3v) is 3.09. The first-order chi connectivity index (χ1) is 5.75. The lowest BCUT2D eigenvalue weighted by atomic mass is 10.4. The summed E-state index contributed by atoms with van der Waals surface area (Å²) in [6.45, 7) is 0. The Morgan fingerprint density at radius 1 is 1.58 bits per heavy atom. The van der Waals surface area contributed by atoms with E-state index in [0.29, 0.717) is 11.6 Å². The molecule has 62 valence electrons. The summed E-state index contributed by atoms with van der Waals surface area (Å²) < 4.78 is 0.897. The van der Waals surface area contributed by atoms with E-state index >= 15 is 0 Å². The topological polar surface area (TPSA) is 42.0 Å². The number of pyridine rings is 1. The van der Waals surface area contributed by atoms with E-state index in [9.17, 15) is 4.79 Å². The zero-order valence-electron chi connectivity index (χ0n) is 6.00. The average Bonchev–Trinajstić information content (AvgIpc) is 2.03. The Balaban J connectivity index is 2.44. The maximum Gasteiger partial charge on any atom is 0.235 e. The summed E-state index contributed by atoms with van der Waals surface area (Å²) in [6, 6.07) is 3.91. The minimum atomic E-state index is 0.0296. The van der Waals surface area contributed by atoms with Crippen LogP contribution in [0.1, 0.15) is 0 Å². The van der Waals surface area contributed by atoms with Gasteiger partial charge in [-0.3, -0.25) is 4.79 Å². The Morgan fingerprint density at radius 2 is 2.42 bits per heavy atom. The fraction of sp³-hybridized carbons (Fsp3) is 0.143. The van der Waals surface area contributed by atoms with E-state index in [1.54, 1.807) is 0 Å². The Hall–Kier alpha value is -0.300. The van der Waals surface area contributed by atoms with Gasteiger partial charge in [0.2, 0.25) is 5.91 Å². The Kier molecular flexibility index (Phi) is 2.22. The number of thioether (sulfide) groups is 1. The fourth-order valence-electron chi connectivity index (χ4n) is 0.940. The number of nitrogens with zero attached hydrogens (tertiary/aromatic N) is 1. The summed E-state index contributed by atoms with van der Waals surface area (Å²) in [5.74, 6) is 1.22. The van der Waals surface area contributed by atoms with Gasteiger partial charge in [0.1, 0.15) is 9.52 Å². The van der Waals surface area contributed by atoms with Crippen molar-refractivity contribution in [2.24, 2.45) is 0 Å². The molecule has 0 bridgehead atoms. The lowest BCUT2D eigenvalue weighted by Crippen LogP contribution is -2.19. The van der Waals surface area contributed by atoms with Crippen LogP contribution in [0.15, 0.2) is 17.0 Å². The van der Waals surface area contributed by atoms with E-state index in [1.807, 2.05) is 12.1 Å². The molecule has 1 amide bonds. The van der Waals surface area contributed by atoms with Crippen molar-refractivity contribution in [2.45, 2.75) is 4.90 Å². The van der Waals surface area contributed by atoms with Gasteiger partial charge in [0.15, 0.2) is 0 Å². The second kappa shape index (κ2) is 3.21. The van der Waals surface area contributed by atoms with E-state index < -0.39 is 0 Å². The van der Waals surface area contributed by atoms with Crippen molar-refractivity contribution in [3.05, 3.63) is 15.8 Å². The number of fused-ring (bicyclic) bond motifs is 1. The van der Waals surface area contributed by atoms with Gasteiger partial charge in [-0.2, -0.15) is 0 Å². The van der Waals surface area contributed by atoms with Gasteiger partial charge in [-0.05, 0) is 34.7 Å². The molecule has 2 rings (SSSR count). The zero-order valence-corrected chi connectivity index (χ0v) is 8.98. The lowest BCUT2D eigenvalue weighted by molar-refractivity contribution is -0.113. The highest BCUT2D eigenvalue weighted by molar-refractivity contribution is 14.1. The van der Waals surface area contributed by atoms with Crippen molar-refractivity contribution in [1.29, 1.82) is 0 Å². The number of anilines is 1. The van der Waals surface area contributed by atoms with Crippen LogP contribution in [0.4, 0.5) is 5.82 Å². The molecule has 1 aromatic rings. The number of nitrogens with one attached hydrogen (secondary N) is 1. The quantitative estimate of drug-likeness (QED) is 0.585. The number of carbonyl (C=O) groups is 1. The minimum Gasteiger partial charge on any atom is -0.309 e.